The Hall–Kier alpha value is -3.17. The highest BCUT2D eigenvalue weighted by Crippen LogP contribution is 2.33. The minimum absolute atomic E-state index is 0.116. The Labute approximate surface area is 248 Å². The maximum absolute atomic E-state index is 12.9. The zero-order chi connectivity index (χ0) is 29.9. The van der Waals surface area contributed by atoms with Crippen LogP contribution in [0.5, 0.6) is 6.01 Å². The van der Waals surface area contributed by atoms with Gasteiger partial charge in [0.05, 0.1) is 19.8 Å². The number of imidazole rings is 1. The van der Waals surface area contributed by atoms with Gasteiger partial charge in [0.2, 0.25) is 0 Å². The van der Waals surface area contributed by atoms with Crippen LogP contribution in [0.15, 0.2) is 4.79 Å². The molecule has 4 rings (SSSR count). The number of fused-ring (bicyclic) bond motifs is 1. The number of nitrogens with one attached hydrogen (secondary N) is 1. The topological polar surface area (TPSA) is 155 Å². The molecule has 2 atom stereocenters. The number of hydrogen-bond acceptors (Lipinski definition) is 10. The first-order valence-electron chi connectivity index (χ1n) is 15.7. The lowest BCUT2D eigenvalue weighted by atomic mass is 9.79. The van der Waals surface area contributed by atoms with Gasteiger partial charge in [-0.25, -0.2) is 4.79 Å². The molecule has 0 spiro atoms. The average molecular weight is 585 g/mol. The number of aromatic nitrogens is 4. The van der Waals surface area contributed by atoms with Gasteiger partial charge in [-0.15, -0.1) is 0 Å². The van der Waals surface area contributed by atoms with E-state index < -0.39 is 0 Å². The van der Waals surface area contributed by atoms with Crippen molar-refractivity contribution in [2.75, 3.05) is 52.2 Å². The van der Waals surface area contributed by atoms with E-state index >= 15 is 0 Å². The molecule has 1 aliphatic carbocycles. The lowest BCUT2D eigenvalue weighted by Gasteiger charge is -2.41. The molecular weight excluding hydrogens is 536 g/mol. The van der Waals surface area contributed by atoms with Crippen LogP contribution in [0.2, 0.25) is 0 Å². The van der Waals surface area contributed by atoms with Gasteiger partial charge >= 0.3 is 17.7 Å². The molecule has 1 saturated heterocycles. The molecule has 2 unspecified atom stereocenters. The summed E-state index contributed by atoms with van der Waals surface area (Å²) in [5, 5.41) is 8.99. The molecular formula is C30H48N8O4. The van der Waals surface area contributed by atoms with E-state index in [2.05, 4.69) is 37.7 Å². The largest absolute Gasteiger partial charge is 0.469 e. The van der Waals surface area contributed by atoms with Crippen LogP contribution in [0.25, 0.3) is 11.2 Å². The number of aromatic amines is 1. The van der Waals surface area contributed by atoms with Gasteiger partial charge < -0.3 is 25.1 Å². The first kappa shape index (κ1) is 31.8. The molecule has 12 nitrogen and oxygen atoms in total. The van der Waals surface area contributed by atoms with Crippen LogP contribution < -0.4 is 16.2 Å². The second kappa shape index (κ2) is 15.9. The van der Waals surface area contributed by atoms with Crippen molar-refractivity contribution >= 4 is 23.0 Å². The number of rotatable bonds is 15. The Kier molecular flexibility index (Phi) is 12.0. The fraction of sp³-hybridized carbons (Fsp3) is 0.767. The summed E-state index contributed by atoms with van der Waals surface area (Å²) >= 11 is 0. The number of nitrogens with zero attached hydrogens (tertiary/aromatic N) is 6. The van der Waals surface area contributed by atoms with E-state index in [-0.39, 0.29) is 23.5 Å². The van der Waals surface area contributed by atoms with Crippen LogP contribution in [0, 0.1) is 23.2 Å². The Morgan fingerprint density at radius 1 is 1.17 bits per heavy atom. The van der Waals surface area contributed by atoms with Crippen molar-refractivity contribution in [3.05, 3.63) is 10.5 Å². The molecule has 0 amide bonds. The van der Waals surface area contributed by atoms with Crippen molar-refractivity contribution in [2.24, 2.45) is 11.8 Å². The number of nitriles is 1. The second-order valence-corrected chi connectivity index (χ2v) is 11.9. The predicted molar refractivity (Wildman–Crippen MR) is 161 cm³/mol. The smallest absolute Gasteiger partial charge is 0.327 e. The van der Waals surface area contributed by atoms with Crippen molar-refractivity contribution in [2.45, 2.75) is 90.1 Å². The van der Waals surface area contributed by atoms with Crippen molar-refractivity contribution in [3.63, 3.8) is 0 Å². The number of carbonyl (C=O) groups is 1. The van der Waals surface area contributed by atoms with Gasteiger partial charge in [-0.1, -0.05) is 19.8 Å². The number of piperidine rings is 1. The third-order valence-corrected chi connectivity index (χ3v) is 8.87. The zero-order valence-corrected chi connectivity index (χ0v) is 25.4. The Bertz CT molecular complexity index is 1250. The lowest BCUT2D eigenvalue weighted by Crippen LogP contribution is -2.47. The lowest BCUT2D eigenvalue weighted by molar-refractivity contribution is -0.142. The van der Waals surface area contributed by atoms with E-state index in [0.717, 1.165) is 84.1 Å². The molecule has 2 aromatic rings. The molecule has 0 aromatic carbocycles. The van der Waals surface area contributed by atoms with Crippen LogP contribution in [0.1, 0.15) is 77.6 Å². The normalized spacial score (nSPS) is 20.1. The monoisotopic (exact) mass is 584 g/mol. The molecule has 1 saturated carbocycles. The number of unbranched alkanes of at least 4 members (excludes halogenated alkanes) is 1. The first-order chi connectivity index (χ1) is 20.4. The summed E-state index contributed by atoms with van der Waals surface area (Å²) in [4.78, 5) is 41.4. The number of carbonyl (C=O) groups excluding carboxylic acids is 1. The highest BCUT2D eigenvalue weighted by molar-refractivity contribution is 5.81. The highest BCUT2D eigenvalue weighted by Gasteiger charge is 2.30. The SMILES string of the molecule is CCCCOc1nc(N)c2[nH]c(=O)n(CCCN(CC3CCCC(CC(=O)OC)C3)C3CCN(CCC#N)CC3)c2n1. The van der Waals surface area contributed by atoms with Crippen LogP contribution in [-0.2, 0) is 16.1 Å². The number of H-pyrrole nitrogens is 1. The van der Waals surface area contributed by atoms with Crippen LogP contribution in [-0.4, -0.2) is 87.8 Å². The summed E-state index contributed by atoms with van der Waals surface area (Å²) in [6, 6.07) is 2.92. The molecule has 3 N–H and O–H groups in total. The van der Waals surface area contributed by atoms with E-state index in [9.17, 15) is 9.59 Å². The maximum atomic E-state index is 12.9. The second-order valence-electron chi connectivity index (χ2n) is 11.9. The van der Waals surface area contributed by atoms with Crippen molar-refractivity contribution < 1.29 is 14.3 Å². The van der Waals surface area contributed by atoms with Gasteiger partial charge in [-0.05, 0) is 69.9 Å². The molecule has 0 bridgehead atoms. The standard InChI is InChI=1S/C30H48N8O4/c1-3-4-18-42-29-34-27(32)26-28(35-29)38(30(40)33-26)15-7-14-37(24-10-16-36(17-11-24)13-6-12-31)21-23-9-5-8-22(19-23)20-25(39)41-2/h22-24H,3-11,13-21H2,1-2H3,(H,33,40)(H2,32,34,35). The van der Waals surface area contributed by atoms with E-state index in [1.807, 2.05) is 0 Å². The number of anilines is 1. The van der Waals surface area contributed by atoms with Gasteiger partial charge in [0.25, 0.3) is 0 Å². The number of methoxy groups -OCH3 is 1. The molecule has 42 heavy (non-hydrogen) atoms. The molecule has 1 aliphatic heterocycles. The van der Waals surface area contributed by atoms with Crippen molar-refractivity contribution in [1.29, 1.82) is 5.26 Å². The van der Waals surface area contributed by atoms with Gasteiger partial charge in [0, 0.05) is 45.1 Å². The summed E-state index contributed by atoms with van der Waals surface area (Å²) in [5.74, 6) is 1.02. The zero-order valence-electron chi connectivity index (χ0n) is 25.4. The minimum Gasteiger partial charge on any atom is -0.469 e. The Balaban J connectivity index is 1.43. The van der Waals surface area contributed by atoms with Crippen LogP contribution in [0.4, 0.5) is 5.82 Å². The van der Waals surface area contributed by atoms with E-state index in [1.165, 1.54) is 13.5 Å². The summed E-state index contributed by atoms with van der Waals surface area (Å²) in [6.07, 6.45) is 10.3. The minimum atomic E-state index is -0.244. The van der Waals surface area contributed by atoms with Crippen LogP contribution in [0.3, 0.4) is 0 Å². The fourth-order valence-electron chi connectivity index (χ4n) is 6.59. The highest BCUT2D eigenvalue weighted by atomic mass is 16.5. The van der Waals surface area contributed by atoms with Gasteiger partial charge in [-0.3, -0.25) is 14.3 Å². The Morgan fingerprint density at radius 3 is 2.69 bits per heavy atom. The van der Waals surface area contributed by atoms with Crippen molar-refractivity contribution in [1.82, 2.24) is 29.3 Å². The van der Waals surface area contributed by atoms with Gasteiger partial charge in [0.15, 0.2) is 11.5 Å². The summed E-state index contributed by atoms with van der Waals surface area (Å²) in [5.41, 5.74) is 6.83. The molecule has 0 radical (unpaired) electrons. The first-order valence-corrected chi connectivity index (χ1v) is 15.7. The van der Waals surface area contributed by atoms with E-state index in [4.69, 9.17) is 20.5 Å². The molecule has 2 aliphatic rings. The molecule has 2 aromatic heterocycles. The summed E-state index contributed by atoms with van der Waals surface area (Å²) in [6.45, 7) is 7.78. The van der Waals surface area contributed by atoms with E-state index in [0.29, 0.717) is 55.0 Å². The van der Waals surface area contributed by atoms with Crippen LogP contribution >= 0.6 is 0 Å². The summed E-state index contributed by atoms with van der Waals surface area (Å²) in [7, 11) is 1.47. The molecule has 232 valence electrons. The number of hydrogen-bond donors (Lipinski definition) is 2. The molecule has 3 heterocycles. The average Bonchev–Trinajstić information content (AvgIpc) is 3.31. The molecule has 12 heteroatoms. The number of likely N-dealkylation sites (tertiary alicyclic amines) is 1. The number of ether oxygens (including phenoxy) is 2. The Morgan fingerprint density at radius 2 is 1.95 bits per heavy atom. The van der Waals surface area contributed by atoms with E-state index in [1.54, 1.807) is 4.57 Å². The number of nitrogen functional groups attached to an aromatic ring is 1. The predicted octanol–water partition coefficient (Wildman–Crippen LogP) is 3.32. The fourth-order valence-corrected chi connectivity index (χ4v) is 6.59. The van der Waals surface area contributed by atoms with Gasteiger partial charge in [0.1, 0.15) is 5.52 Å². The third kappa shape index (κ3) is 8.67. The molecule has 2 fully saturated rings. The summed E-state index contributed by atoms with van der Waals surface area (Å²) < 4.78 is 12.3. The number of aryl methyl sites for hydroxylation is 1. The third-order valence-electron chi connectivity index (χ3n) is 8.87. The maximum Gasteiger partial charge on any atom is 0.327 e. The number of nitrogens with two attached hydrogens (primary N) is 1. The quantitative estimate of drug-likeness (QED) is 0.235. The number of esters is 1. The van der Waals surface area contributed by atoms with Gasteiger partial charge in [-0.2, -0.15) is 15.2 Å². The van der Waals surface area contributed by atoms with Crippen molar-refractivity contribution in [3.8, 4) is 12.1 Å².